The van der Waals surface area contributed by atoms with Crippen molar-refractivity contribution in [3.05, 3.63) is 33.4 Å². The maximum Gasteiger partial charge on any atom is 0.0323 e. The van der Waals surface area contributed by atoms with Crippen molar-refractivity contribution in [1.82, 2.24) is 10.2 Å². The summed E-state index contributed by atoms with van der Waals surface area (Å²) in [4.78, 5) is 2.73. The minimum Gasteiger partial charge on any atom is -0.313 e. The molecule has 104 valence electrons. The molecule has 2 unspecified atom stereocenters. The molecular formula is C16H23IN2. The summed E-state index contributed by atoms with van der Waals surface area (Å²) < 4.78 is 1.32. The van der Waals surface area contributed by atoms with Crippen LogP contribution in [-0.4, -0.2) is 30.1 Å². The van der Waals surface area contributed by atoms with E-state index in [1.165, 1.54) is 47.9 Å². The van der Waals surface area contributed by atoms with Crippen molar-refractivity contribution in [2.45, 2.75) is 50.7 Å². The minimum absolute atomic E-state index is 0.548. The Hall–Kier alpha value is -0.130. The Labute approximate surface area is 130 Å². The summed E-state index contributed by atoms with van der Waals surface area (Å²) in [6.07, 6.45) is 5.48. The average molecular weight is 370 g/mol. The molecule has 1 aromatic rings. The zero-order valence-electron chi connectivity index (χ0n) is 11.6. The van der Waals surface area contributed by atoms with Crippen molar-refractivity contribution in [2.75, 3.05) is 13.1 Å². The normalized spacial score (nSPS) is 24.9. The molecule has 3 heteroatoms. The van der Waals surface area contributed by atoms with Crippen LogP contribution in [0.4, 0.5) is 0 Å². The molecule has 0 radical (unpaired) electrons. The molecule has 0 amide bonds. The van der Waals surface area contributed by atoms with Gasteiger partial charge in [-0.2, -0.15) is 0 Å². The lowest BCUT2D eigenvalue weighted by molar-refractivity contribution is 0.182. The van der Waals surface area contributed by atoms with Crippen LogP contribution in [0.5, 0.6) is 0 Å². The van der Waals surface area contributed by atoms with Crippen LogP contribution in [0.3, 0.4) is 0 Å². The van der Waals surface area contributed by atoms with Crippen molar-refractivity contribution in [3.8, 4) is 0 Å². The Bertz CT molecular complexity index is 407. The molecule has 2 atom stereocenters. The van der Waals surface area contributed by atoms with E-state index in [2.05, 4.69) is 64.0 Å². The van der Waals surface area contributed by atoms with Crippen LogP contribution in [0.15, 0.2) is 24.3 Å². The van der Waals surface area contributed by atoms with E-state index in [1.807, 2.05) is 0 Å². The zero-order valence-corrected chi connectivity index (χ0v) is 13.8. The number of halogens is 1. The highest BCUT2D eigenvalue weighted by molar-refractivity contribution is 14.1. The second-order valence-corrected chi connectivity index (χ2v) is 7.19. The molecule has 0 spiro atoms. The number of hydrogen-bond donors (Lipinski definition) is 1. The van der Waals surface area contributed by atoms with E-state index >= 15 is 0 Å². The quantitative estimate of drug-likeness (QED) is 0.798. The lowest BCUT2D eigenvalue weighted by Gasteiger charge is -2.32. The molecule has 1 saturated heterocycles. The molecule has 1 heterocycles. The van der Waals surface area contributed by atoms with Gasteiger partial charge in [0.25, 0.3) is 0 Å². The molecule has 2 aliphatic rings. The molecule has 19 heavy (non-hydrogen) atoms. The Morgan fingerprint density at radius 1 is 1.26 bits per heavy atom. The van der Waals surface area contributed by atoms with Crippen molar-refractivity contribution in [2.24, 2.45) is 0 Å². The lowest BCUT2D eigenvalue weighted by Crippen LogP contribution is -2.40. The number of nitrogens with zero attached hydrogens (tertiary/aromatic N) is 1. The Morgan fingerprint density at radius 3 is 2.58 bits per heavy atom. The maximum atomic E-state index is 3.64. The van der Waals surface area contributed by atoms with Crippen LogP contribution < -0.4 is 5.32 Å². The first-order valence-corrected chi connectivity index (χ1v) is 8.56. The SMILES string of the molecule is CC(c1ccc(I)cc1)N(CC1CCCN1)C1CC1. The average Bonchev–Trinajstić information content (AvgIpc) is 3.13. The Kier molecular flexibility index (Phi) is 4.44. The third-order valence-electron chi connectivity index (χ3n) is 4.46. The summed E-state index contributed by atoms with van der Waals surface area (Å²) >= 11 is 2.38. The molecule has 2 fully saturated rings. The fraction of sp³-hybridized carbons (Fsp3) is 0.625. The largest absolute Gasteiger partial charge is 0.313 e. The molecule has 0 aromatic heterocycles. The van der Waals surface area contributed by atoms with E-state index in [1.54, 1.807) is 0 Å². The van der Waals surface area contributed by atoms with Crippen LogP contribution in [-0.2, 0) is 0 Å². The molecule has 0 bridgehead atoms. The predicted molar refractivity (Wildman–Crippen MR) is 88.3 cm³/mol. The summed E-state index contributed by atoms with van der Waals surface area (Å²) in [6, 6.07) is 11.1. The van der Waals surface area contributed by atoms with E-state index in [0.29, 0.717) is 12.1 Å². The first-order valence-electron chi connectivity index (χ1n) is 7.48. The van der Waals surface area contributed by atoms with Gasteiger partial charge in [-0.1, -0.05) is 12.1 Å². The summed E-state index contributed by atoms with van der Waals surface area (Å²) in [6.45, 7) is 4.80. The number of nitrogens with one attached hydrogen (secondary N) is 1. The molecular weight excluding hydrogens is 347 g/mol. The van der Waals surface area contributed by atoms with Crippen molar-refractivity contribution in [1.29, 1.82) is 0 Å². The van der Waals surface area contributed by atoms with E-state index in [4.69, 9.17) is 0 Å². The third kappa shape index (κ3) is 3.50. The highest BCUT2D eigenvalue weighted by Gasteiger charge is 2.34. The van der Waals surface area contributed by atoms with Gasteiger partial charge < -0.3 is 5.32 Å². The highest BCUT2D eigenvalue weighted by Crippen LogP contribution is 2.35. The molecule has 3 rings (SSSR count). The van der Waals surface area contributed by atoms with Crippen LogP contribution >= 0.6 is 22.6 Å². The van der Waals surface area contributed by atoms with Crippen molar-refractivity contribution >= 4 is 22.6 Å². The monoisotopic (exact) mass is 370 g/mol. The van der Waals surface area contributed by atoms with Gasteiger partial charge in [-0.3, -0.25) is 4.90 Å². The zero-order chi connectivity index (χ0) is 13.2. The smallest absolute Gasteiger partial charge is 0.0323 e. The van der Waals surface area contributed by atoms with Gasteiger partial charge in [0.1, 0.15) is 0 Å². The van der Waals surface area contributed by atoms with Gasteiger partial charge in [0.15, 0.2) is 0 Å². The molecule has 1 aliphatic carbocycles. The summed E-state index contributed by atoms with van der Waals surface area (Å²) in [5.74, 6) is 0. The van der Waals surface area contributed by atoms with Crippen LogP contribution in [0.1, 0.15) is 44.2 Å². The van der Waals surface area contributed by atoms with Gasteiger partial charge in [0.2, 0.25) is 0 Å². The maximum absolute atomic E-state index is 3.64. The fourth-order valence-corrected chi connectivity index (χ4v) is 3.49. The third-order valence-corrected chi connectivity index (χ3v) is 5.18. The van der Waals surface area contributed by atoms with Crippen LogP contribution in [0.25, 0.3) is 0 Å². The van der Waals surface area contributed by atoms with Crippen LogP contribution in [0, 0.1) is 3.57 Å². The fourth-order valence-electron chi connectivity index (χ4n) is 3.13. The number of hydrogen-bond acceptors (Lipinski definition) is 2. The van der Waals surface area contributed by atoms with Gasteiger partial charge in [-0.25, -0.2) is 0 Å². The topological polar surface area (TPSA) is 15.3 Å². The first-order chi connectivity index (χ1) is 9.24. The Balaban J connectivity index is 1.69. The summed E-state index contributed by atoms with van der Waals surface area (Å²) in [7, 11) is 0. The number of rotatable bonds is 5. The molecule has 2 nitrogen and oxygen atoms in total. The first kappa shape index (κ1) is 13.8. The van der Waals surface area contributed by atoms with E-state index in [0.717, 1.165) is 6.04 Å². The van der Waals surface area contributed by atoms with E-state index < -0.39 is 0 Å². The van der Waals surface area contributed by atoms with Gasteiger partial charge in [0.05, 0.1) is 0 Å². The molecule has 1 aliphatic heterocycles. The van der Waals surface area contributed by atoms with Gasteiger partial charge in [-0.05, 0) is 79.4 Å². The second kappa shape index (κ2) is 6.10. The molecule has 1 saturated carbocycles. The predicted octanol–water partition coefficient (Wildman–Crippen LogP) is 3.57. The standard InChI is InChI=1S/C16H23IN2/c1-12(13-4-6-14(17)7-5-13)19(16-8-9-16)11-15-3-2-10-18-15/h4-7,12,15-16,18H,2-3,8-11H2,1H3. The van der Waals surface area contributed by atoms with Gasteiger partial charge >= 0.3 is 0 Å². The van der Waals surface area contributed by atoms with Crippen molar-refractivity contribution < 1.29 is 0 Å². The second-order valence-electron chi connectivity index (χ2n) is 5.95. The lowest BCUT2D eigenvalue weighted by atomic mass is 10.1. The van der Waals surface area contributed by atoms with Crippen molar-refractivity contribution in [3.63, 3.8) is 0 Å². The van der Waals surface area contributed by atoms with E-state index in [9.17, 15) is 0 Å². The van der Waals surface area contributed by atoms with Gasteiger partial charge in [-0.15, -0.1) is 0 Å². The van der Waals surface area contributed by atoms with E-state index in [-0.39, 0.29) is 0 Å². The minimum atomic E-state index is 0.548. The molecule has 1 aromatic carbocycles. The summed E-state index contributed by atoms with van der Waals surface area (Å²) in [5, 5.41) is 3.64. The van der Waals surface area contributed by atoms with Crippen LogP contribution in [0.2, 0.25) is 0 Å². The number of benzene rings is 1. The molecule has 1 N–H and O–H groups in total. The summed E-state index contributed by atoms with van der Waals surface area (Å²) in [5.41, 5.74) is 1.46. The highest BCUT2D eigenvalue weighted by atomic mass is 127. The Morgan fingerprint density at radius 2 is 2.00 bits per heavy atom. The van der Waals surface area contributed by atoms with Gasteiger partial charge in [0, 0.05) is 28.2 Å².